The lowest BCUT2D eigenvalue weighted by molar-refractivity contribution is -0.0412. The molecule has 3 unspecified atom stereocenters. The van der Waals surface area contributed by atoms with Crippen LogP contribution in [-0.2, 0) is 4.74 Å². The van der Waals surface area contributed by atoms with Crippen molar-refractivity contribution in [1.29, 1.82) is 0 Å². The Labute approximate surface area is 88.2 Å². The third-order valence-corrected chi connectivity index (χ3v) is 3.41. The molecule has 1 aliphatic rings. The number of hydrogen-bond donors (Lipinski definition) is 1. The van der Waals surface area contributed by atoms with E-state index in [1.807, 2.05) is 0 Å². The summed E-state index contributed by atoms with van der Waals surface area (Å²) < 4.78 is 5.74. The van der Waals surface area contributed by atoms with Crippen molar-refractivity contribution >= 4 is 0 Å². The van der Waals surface area contributed by atoms with Crippen molar-refractivity contribution < 1.29 is 4.74 Å². The minimum atomic E-state index is 0.347. The molecule has 0 radical (unpaired) electrons. The Morgan fingerprint density at radius 1 is 1.21 bits per heavy atom. The maximum absolute atomic E-state index is 6.20. The first kappa shape index (κ1) is 12.0. The summed E-state index contributed by atoms with van der Waals surface area (Å²) in [5.74, 6) is 1.87. The van der Waals surface area contributed by atoms with Crippen LogP contribution >= 0.6 is 0 Å². The maximum Gasteiger partial charge on any atom is 0.0601 e. The van der Waals surface area contributed by atoms with E-state index in [0.717, 1.165) is 19.4 Å². The zero-order valence-corrected chi connectivity index (χ0v) is 9.99. The van der Waals surface area contributed by atoms with Crippen LogP contribution in [0.1, 0.15) is 40.5 Å². The first-order valence-corrected chi connectivity index (χ1v) is 5.89. The number of ether oxygens (including phenoxy) is 1. The van der Waals surface area contributed by atoms with Gasteiger partial charge in [0, 0.05) is 12.6 Å². The zero-order chi connectivity index (χ0) is 10.7. The Bertz CT molecular complexity index is 162. The van der Waals surface area contributed by atoms with Crippen molar-refractivity contribution in [3.63, 3.8) is 0 Å². The van der Waals surface area contributed by atoms with Crippen LogP contribution in [0.3, 0.4) is 0 Å². The van der Waals surface area contributed by atoms with E-state index in [9.17, 15) is 0 Å². The Morgan fingerprint density at radius 2 is 1.86 bits per heavy atom. The van der Waals surface area contributed by atoms with Crippen LogP contribution in [0.4, 0.5) is 0 Å². The average Bonchev–Trinajstić information content (AvgIpc) is 2.16. The van der Waals surface area contributed by atoms with Crippen molar-refractivity contribution in [3.05, 3.63) is 0 Å². The van der Waals surface area contributed by atoms with E-state index in [0.29, 0.717) is 29.9 Å². The van der Waals surface area contributed by atoms with Gasteiger partial charge in [0.2, 0.25) is 0 Å². The fourth-order valence-corrected chi connectivity index (χ4v) is 2.21. The van der Waals surface area contributed by atoms with Crippen molar-refractivity contribution in [2.45, 2.75) is 52.7 Å². The summed E-state index contributed by atoms with van der Waals surface area (Å²) in [5, 5.41) is 0. The molecule has 14 heavy (non-hydrogen) atoms. The second kappa shape index (κ2) is 5.13. The van der Waals surface area contributed by atoms with Gasteiger partial charge in [-0.25, -0.2) is 0 Å². The molecule has 0 aliphatic carbocycles. The molecule has 3 atom stereocenters. The zero-order valence-electron chi connectivity index (χ0n) is 9.99. The van der Waals surface area contributed by atoms with Gasteiger partial charge in [-0.2, -0.15) is 0 Å². The Hall–Kier alpha value is -0.0800. The van der Waals surface area contributed by atoms with Crippen LogP contribution < -0.4 is 5.73 Å². The minimum Gasteiger partial charge on any atom is -0.378 e. The van der Waals surface area contributed by atoms with Gasteiger partial charge in [0.1, 0.15) is 0 Å². The normalized spacial score (nSPS) is 31.1. The quantitative estimate of drug-likeness (QED) is 0.757. The second-order valence-corrected chi connectivity index (χ2v) is 5.26. The molecule has 1 aliphatic heterocycles. The molecule has 0 spiro atoms. The first-order valence-electron chi connectivity index (χ1n) is 5.89. The number of rotatable bonds is 3. The predicted molar refractivity (Wildman–Crippen MR) is 60.1 cm³/mol. The van der Waals surface area contributed by atoms with Crippen LogP contribution in [0.5, 0.6) is 0 Å². The summed E-state index contributed by atoms with van der Waals surface area (Å²) in [5.41, 5.74) is 6.20. The van der Waals surface area contributed by atoms with Gasteiger partial charge in [-0.15, -0.1) is 0 Å². The minimum absolute atomic E-state index is 0.347. The van der Waals surface area contributed by atoms with E-state index in [1.54, 1.807) is 0 Å². The molecule has 0 aromatic carbocycles. The second-order valence-electron chi connectivity index (χ2n) is 5.26. The van der Waals surface area contributed by atoms with Crippen molar-refractivity contribution in [2.75, 3.05) is 6.61 Å². The van der Waals surface area contributed by atoms with E-state index < -0.39 is 0 Å². The summed E-state index contributed by atoms with van der Waals surface area (Å²) in [7, 11) is 0. The standard InChI is InChI=1S/C12H25NO/c1-8(2)11-7-10(5-6-14-11)12(13)9(3)4/h8-12H,5-7,13H2,1-4H3. The van der Waals surface area contributed by atoms with Gasteiger partial charge in [-0.3, -0.25) is 0 Å². The van der Waals surface area contributed by atoms with Crippen LogP contribution in [0.25, 0.3) is 0 Å². The maximum atomic E-state index is 6.20. The summed E-state index contributed by atoms with van der Waals surface area (Å²) >= 11 is 0. The third kappa shape index (κ3) is 2.96. The lowest BCUT2D eigenvalue weighted by Gasteiger charge is -2.36. The molecular formula is C12H25NO. The van der Waals surface area contributed by atoms with E-state index in [4.69, 9.17) is 10.5 Å². The van der Waals surface area contributed by atoms with Gasteiger partial charge in [0.15, 0.2) is 0 Å². The summed E-state index contributed by atoms with van der Waals surface area (Å²) in [6.45, 7) is 9.78. The van der Waals surface area contributed by atoms with Gasteiger partial charge in [-0.1, -0.05) is 27.7 Å². The highest BCUT2D eigenvalue weighted by molar-refractivity contribution is 4.82. The lowest BCUT2D eigenvalue weighted by Crippen LogP contribution is -2.42. The van der Waals surface area contributed by atoms with E-state index in [2.05, 4.69) is 27.7 Å². The van der Waals surface area contributed by atoms with Gasteiger partial charge in [0.25, 0.3) is 0 Å². The molecule has 0 amide bonds. The fourth-order valence-electron chi connectivity index (χ4n) is 2.21. The van der Waals surface area contributed by atoms with Gasteiger partial charge >= 0.3 is 0 Å². The lowest BCUT2D eigenvalue weighted by atomic mass is 9.81. The molecule has 1 fully saturated rings. The largest absolute Gasteiger partial charge is 0.378 e. The molecule has 1 saturated heterocycles. The highest BCUT2D eigenvalue weighted by Crippen LogP contribution is 2.28. The number of nitrogens with two attached hydrogens (primary N) is 1. The Morgan fingerprint density at radius 3 is 2.36 bits per heavy atom. The fraction of sp³-hybridized carbons (Fsp3) is 1.00. The van der Waals surface area contributed by atoms with Crippen molar-refractivity contribution in [1.82, 2.24) is 0 Å². The predicted octanol–water partition coefficient (Wildman–Crippen LogP) is 2.42. The first-order chi connectivity index (χ1) is 6.52. The highest BCUT2D eigenvalue weighted by atomic mass is 16.5. The van der Waals surface area contributed by atoms with Gasteiger partial charge in [0.05, 0.1) is 6.10 Å². The third-order valence-electron chi connectivity index (χ3n) is 3.41. The molecule has 2 N–H and O–H groups in total. The molecule has 2 heteroatoms. The molecule has 0 bridgehead atoms. The van der Waals surface area contributed by atoms with Crippen LogP contribution in [0, 0.1) is 17.8 Å². The summed E-state index contributed by atoms with van der Waals surface area (Å²) in [6, 6.07) is 0.347. The summed E-state index contributed by atoms with van der Waals surface area (Å²) in [6.07, 6.45) is 2.72. The molecule has 1 heterocycles. The van der Waals surface area contributed by atoms with Crippen molar-refractivity contribution in [3.8, 4) is 0 Å². The molecule has 0 saturated carbocycles. The van der Waals surface area contributed by atoms with Gasteiger partial charge in [-0.05, 0) is 30.6 Å². The monoisotopic (exact) mass is 199 g/mol. The molecule has 0 aromatic rings. The molecular weight excluding hydrogens is 174 g/mol. The smallest absolute Gasteiger partial charge is 0.0601 e. The van der Waals surface area contributed by atoms with Crippen LogP contribution in [-0.4, -0.2) is 18.8 Å². The topological polar surface area (TPSA) is 35.2 Å². The highest BCUT2D eigenvalue weighted by Gasteiger charge is 2.29. The van der Waals surface area contributed by atoms with Crippen LogP contribution in [0.15, 0.2) is 0 Å². The van der Waals surface area contributed by atoms with E-state index in [1.165, 1.54) is 0 Å². The Kier molecular flexibility index (Phi) is 4.39. The molecule has 2 nitrogen and oxygen atoms in total. The van der Waals surface area contributed by atoms with Crippen LogP contribution in [0.2, 0.25) is 0 Å². The van der Waals surface area contributed by atoms with Gasteiger partial charge < -0.3 is 10.5 Å². The molecule has 1 rings (SSSR count). The van der Waals surface area contributed by atoms with Crippen molar-refractivity contribution in [2.24, 2.45) is 23.5 Å². The van der Waals surface area contributed by atoms with E-state index >= 15 is 0 Å². The molecule has 84 valence electrons. The Balaban J connectivity index is 2.47. The molecule has 0 aromatic heterocycles. The van der Waals surface area contributed by atoms with E-state index in [-0.39, 0.29) is 0 Å². The summed E-state index contributed by atoms with van der Waals surface area (Å²) in [4.78, 5) is 0. The SMILES string of the molecule is CC(C)C1CC(C(N)C(C)C)CCO1. The number of hydrogen-bond acceptors (Lipinski definition) is 2. The average molecular weight is 199 g/mol.